The van der Waals surface area contributed by atoms with E-state index in [0.717, 1.165) is 22.0 Å². The summed E-state index contributed by atoms with van der Waals surface area (Å²) >= 11 is 6.21. The molecule has 2 N–H and O–H groups in total. The second kappa shape index (κ2) is 7.44. The van der Waals surface area contributed by atoms with Crippen LogP contribution >= 0.6 is 11.6 Å². The average molecular weight is 395 g/mol. The van der Waals surface area contributed by atoms with Crippen molar-refractivity contribution in [1.82, 2.24) is 25.1 Å². The van der Waals surface area contributed by atoms with Crippen LogP contribution in [0, 0.1) is 6.92 Å². The van der Waals surface area contributed by atoms with Gasteiger partial charge in [0.25, 0.3) is 0 Å². The van der Waals surface area contributed by atoms with Crippen molar-refractivity contribution in [2.24, 2.45) is 0 Å². The third-order valence-corrected chi connectivity index (χ3v) is 4.62. The van der Waals surface area contributed by atoms with Gasteiger partial charge in [0.15, 0.2) is 5.65 Å². The van der Waals surface area contributed by atoms with Gasteiger partial charge in [-0.15, -0.1) is 5.10 Å². The smallest absolute Gasteiger partial charge is 0.216 e. The van der Waals surface area contributed by atoms with Crippen LogP contribution in [0.1, 0.15) is 12.5 Å². The SMILES string of the molecule is CC(=O)NCCNc1nc2c(-c3cccc(C)c3)nnn2c2ccc(Cl)cc12. The van der Waals surface area contributed by atoms with Gasteiger partial charge < -0.3 is 10.6 Å². The lowest BCUT2D eigenvalue weighted by Crippen LogP contribution is -2.26. The lowest BCUT2D eigenvalue weighted by atomic mass is 10.1. The van der Waals surface area contributed by atoms with Gasteiger partial charge in [0.1, 0.15) is 11.5 Å². The summed E-state index contributed by atoms with van der Waals surface area (Å²) in [6.45, 7) is 4.55. The van der Waals surface area contributed by atoms with Gasteiger partial charge in [0, 0.05) is 36.0 Å². The fraction of sp³-hybridized carbons (Fsp3) is 0.200. The summed E-state index contributed by atoms with van der Waals surface area (Å²) in [5, 5.41) is 16.2. The summed E-state index contributed by atoms with van der Waals surface area (Å²) in [6.07, 6.45) is 0. The first-order chi connectivity index (χ1) is 13.5. The van der Waals surface area contributed by atoms with Crippen LogP contribution in [0.15, 0.2) is 42.5 Å². The Morgan fingerprint density at radius 3 is 2.82 bits per heavy atom. The molecule has 28 heavy (non-hydrogen) atoms. The van der Waals surface area contributed by atoms with Crippen molar-refractivity contribution in [2.45, 2.75) is 13.8 Å². The minimum Gasteiger partial charge on any atom is -0.368 e. The van der Waals surface area contributed by atoms with Gasteiger partial charge in [-0.3, -0.25) is 4.79 Å². The average Bonchev–Trinajstić information content (AvgIpc) is 3.08. The van der Waals surface area contributed by atoms with E-state index < -0.39 is 0 Å². The number of aromatic nitrogens is 4. The zero-order chi connectivity index (χ0) is 19.7. The Morgan fingerprint density at radius 2 is 2.04 bits per heavy atom. The number of rotatable bonds is 5. The molecule has 0 bridgehead atoms. The minimum absolute atomic E-state index is 0.0696. The summed E-state index contributed by atoms with van der Waals surface area (Å²) < 4.78 is 1.72. The van der Waals surface area contributed by atoms with Crippen molar-refractivity contribution >= 4 is 39.9 Å². The number of carbonyl (C=O) groups is 1. The van der Waals surface area contributed by atoms with Gasteiger partial charge in [0.05, 0.1) is 5.52 Å². The third-order valence-electron chi connectivity index (χ3n) is 4.39. The number of carbonyl (C=O) groups excluding carboxylic acids is 1. The molecule has 0 spiro atoms. The molecule has 142 valence electrons. The number of halogens is 1. The van der Waals surface area contributed by atoms with Crippen molar-refractivity contribution in [1.29, 1.82) is 0 Å². The van der Waals surface area contributed by atoms with Gasteiger partial charge in [-0.1, -0.05) is 40.6 Å². The van der Waals surface area contributed by atoms with E-state index in [2.05, 4.69) is 27.0 Å². The maximum atomic E-state index is 11.1. The van der Waals surface area contributed by atoms with E-state index in [1.807, 2.05) is 43.3 Å². The van der Waals surface area contributed by atoms with E-state index in [1.54, 1.807) is 4.52 Å². The number of amides is 1. The molecule has 8 heteroatoms. The maximum absolute atomic E-state index is 11.1. The number of anilines is 1. The fourth-order valence-electron chi connectivity index (χ4n) is 3.12. The zero-order valence-electron chi connectivity index (χ0n) is 15.5. The molecule has 0 aliphatic heterocycles. The molecule has 2 aromatic heterocycles. The summed E-state index contributed by atoms with van der Waals surface area (Å²) in [4.78, 5) is 15.9. The van der Waals surface area contributed by atoms with Crippen molar-refractivity contribution in [3.8, 4) is 11.3 Å². The highest BCUT2D eigenvalue weighted by Crippen LogP contribution is 2.29. The van der Waals surface area contributed by atoms with E-state index in [-0.39, 0.29) is 5.91 Å². The minimum atomic E-state index is -0.0696. The van der Waals surface area contributed by atoms with Crippen LogP contribution in [0.4, 0.5) is 5.82 Å². The van der Waals surface area contributed by atoms with E-state index in [1.165, 1.54) is 6.92 Å². The molecule has 0 radical (unpaired) electrons. The monoisotopic (exact) mass is 394 g/mol. The van der Waals surface area contributed by atoms with Crippen molar-refractivity contribution < 1.29 is 4.79 Å². The Morgan fingerprint density at radius 1 is 1.18 bits per heavy atom. The Hall–Kier alpha value is -3.19. The van der Waals surface area contributed by atoms with Crippen molar-refractivity contribution in [3.63, 3.8) is 0 Å². The van der Waals surface area contributed by atoms with Crippen LogP contribution < -0.4 is 10.6 Å². The fourth-order valence-corrected chi connectivity index (χ4v) is 3.29. The molecule has 0 aliphatic carbocycles. The molecule has 2 heterocycles. The first-order valence-electron chi connectivity index (χ1n) is 8.93. The maximum Gasteiger partial charge on any atom is 0.216 e. The number of nitrogens with zero attached hydrogens (tertiary/aromatic N) is 4. The molecule has 0 saturated heterocycles. The first-order valence-corrected chi connectivity index (χ1v) is 9.31. The molecule has 7 nitrogen and oxygen atoms in total. The normalized spacial score (nSPS) is 11.1. The number of hydrogen-bond acceptors (Lipinski definition) is 5. The van der Waals surface area contributed by atoms with Crippen LogP contribution in [-0.2, 0) is 4.79 Å². The summed E-state index contributed by atoms with van der Waals surface area (Å²) in [6, 6.07) is 13.6. The second-order valence-electron chi connectivity index (χ2n) is 6.57. The largest absolute Gasteiger partial charge is 0.368 e. The molecular weight excluding hydrogens is 376 g/mol. The number of fused-ring (bicyclic) bond motifs is 3. The molecule has 0 unspecified atom stereocenters. The predicted molar refractivity (Wildman–Crippen MR) is 111 cm³/mol. The Balaban J connectivity index is 1.84. The lowest BCUT2D eigenvalue weighted by molar-refractivity contribution is -0.118. The second-order valence-corrected chi connectivity index (χ2v) is 7.01. The molecule has 0 saturated carbocycles. The Bertz CT molecular complexity index is 1190. The molecule has 4 aromatic rings. The van der Waals surface area contributed by atoms with Gasteiger partial charge in [-0.25, -0.2) is 4.98 Å². The molecule has 1 amide bonds. The highest BCUT2D eigenvalue weighted by Gasteiger charge is 2.16. The Kier molecular flexibility index (Phi) is 4.83. The lowest BCUT2D eigenvalue weighted by Gasteiger charge is -2.11. The quantitative estimate of drug-likeness (QED) is 0.506. The standard InChI is InChI=1S/C20H19ClN6O/c1-12-4-3-5-14(10-12)18-20-24-19(23-9-8-22-13(2)28)16-11-15(21)6-7-17(16)27(20)26-25-18/h3-7,10-11H,8-9H2,1-2H3,(H,22,28)(H,23,24). The highest BCUT2D eigenvalue weighted by atomic mass is 35.5. The summed E-state index contributed by atoms with van der Waals surface area (Å²) in [7, 11) is 0. The van der Waals surface area contributed by atoms with Gasteiger partial charge in [0.2, 0.25) is 5.91 Å². The number of nitrogens with one attached hydrogen (secondary N) is 2. The van der Waals surface area contributed by atoms with Gasteiger partial charge in [-0.05, 0) is 31.2 Å². The third kappa shape index (κ3) is 3.48. The van der Waals surface area contributed by atoms with E-state index in [9.17, 15) is 4.79 Å². The van der Waals surface area contributed by atoms with Crippen LogP contribution in [0.25, 0.3) is 27.8 Å². The molecule has 0 atom stereocenters. The van der Waals surface area contributed by atoms with Gasteiger partial charge in [-0.2, -0.15) is 4.52 Å². The van der Waals surface area contributed by atoms with Gasteiger partial charge >= 0.3 is 0 Å². The van der Waals surface area contributed by atoms with Crippen molar-refractivity contribution in [3.05, 3.63) is 53.1 Å². The van der Waals surface area contributed by atoms with Crippen LogP contribution in [0.3, 0.4) is 0 Å². The highest BCUT2D eigenvalue weighted by molar-refractivity contribution is 6.31. The Labute approximate surface area is 166 Å². The van der Waals surface area contributed by atoms with Crippen LogP contribution in [-0.4, -0.2) is 38.8 Å². The first kappa shape index (κ1) is 18.2. The molecule has 2 aromatic carbocycles. The molecule has 4 rings (SSSR count). The summed E-state index contributed by atoms with van der Waals surface area (Å²) in [5.41, 5.74) is 4.32. The van der Waals surface area contributed by atoms with E-state index in [4.69, 9.17) is 16.6 Å². The molecule has 0 aliphatic rings. The van der Waals surface area contributed by atoms with E-state index in [0.29, 0.717) is 35.3 Å². The number of aryl methyl sites for hydroxylation is 1. The molecule has 0 fully saturated rings. The van der Waals surface area contributed by atoms with Crippen molar-refractivity contribution in [2.75, 3.05) is 18.4 Å². The summed E-state index contributed by atoms with van der Waals surface area (Å²) in [5.74, 6) is 0.603. The van der Waals surface area contributed by atoms with Crippen LogP contribution in [0.2, 0.25) is 5.02 Å². The number of hydrogen-bond donors (Lipinski definition) is 2. The predicted octanol–water partition coefficient (Wildman–Crippen LogP) is 3.45. The molecular formula is C20H19ClN6O. The topological polar surface area (TPSA) is 84.2 Å². The van der Waals surface area contributed by atoms with Crippen LogP contribution in [0.5, 0.6) is 0 Å². The number of benzene rings is 2. The van der Waals surface area contributed by atoms with E-state index >= 15 is 0 Å². The zero-order valence-corrected chi connectivity index (χ0v) is 16.3.